The van der Waals surface area contributed by atoms with Crippen LogP contribution in [0.15, 0.2) is 35.4 Å². The van der Waals surface area contributed by atoms with Crippen LogP contribution in [0.2, 0.25) is 0 Å². The molecule has 4 heteroatoms. The minimum Gasteiger partial charge on any atom is -0.207 e. The molecule has 116 valence electrons. The summed E-state index contributed by atoms with van der Waals surface area (Å²) in [6, 6.07) is 3.50. The highest BCUT2D eigenvalue weighted by Gasteiger charge is 2.23. The number of aryl methyl sites for hydroxylation is 3. The van der Waals surface area contributed by atoms with E-state index in [0.29, 0.717) is 17.2 Å². The van der Waals surface area contributed by atoms with Crippen molar-refractivity contribution >= 4 is 10.0 Å². The number of rotatable bonds is 6. The molecule has 3 nitrogen and oxygen atoms in total. The third kappa shape index (κ3) is 4.85. The topological polar surface area (TPSA) is 46.2 Å². The highest BCUT2D eigenvalue weighted by Crippen LogP contribution is 2.22. The van der Waals surface area contributed by atoms with Crippen molar-refractivity contribution in [1.82, 2.24) is 4.72 Å². The molecule has 1 rings (SSSR count). The Kier molecular flexibility index (Phi) is 5.97. The maximum Gasteiger partial charge on any atom is 0.241 e. The van der Waals surface area contributed by atoms with E-state index in [2.05, 4.69) is 30.9 Å². The molecule has 0 spiro atoms. The molecule has 0 unspecified atom stereocenters. The molecule has 0 aliphatic rings. The monoisotopic (exact) mass is 307 g/mol. The molecular weight excluding hydrogens is 282 g/mol. The van der Waals surface area contributed by atoms with Crippen molar-refractivity contribution in [2.75, 3.05) is 0 Å². The van der Waals surface area contributed by atoms with E-state index < -0.39 is 10.0 Å². The van der Waals surface area contributed by atoms with Gasteiger partial charge in [0.2, 0.25) is 10.0 Å². The van der Waals surface area contributed by atoms with Gasteiger partial charge in [0.15, 0.2) is 0 Å². The van der Waals surface area contributed by atoms with Crippen molar-refractivity contribution in [3.8, 4) is 0 Å². The van der Waals surface area contributed by atoms with E-state index in [0.717, 1.165) is 16.7 Å². The van der Waals surface area contributed by atoms with Gasteiger partial charge >= 0.3 is 0 Å². The first-order chi connectivity index (χ1) is 9.67. The second-order valence-corrected chi connectivity index (χ2v) is 7.61. The van der Waals surface area contributed by atoms with E-state index in [-0.39, 0.29) is 6.04 Å². The maximum absolute atomic E-state index is 12.7. The van der Waals surface area contributed by atoms with E-state index in [1.807, 2.05) is 32.9 Å². The number of hydrogen-bond acceptors (Lipinski definition) is 2. The summed E-state index contributed by atoms with van der Waals surface area (Å²) in [6.07, 6.45) is 2.39. The molecule has 0 fully saturated rings. The SMILES string of the molecule is C=C=C[C@H](CC(C)C)NS(=O)(=O)c1c(C)cc(C)cc1C. The van der Waals surface area contributed by atoms with Crippen LogP contribution >= 0.6 is 0 Å². The lowest BCUT2D eigenvalue weighted by Crippen LogP contribution is -2.35. The molecule has 1 aromatic rings. The quantitative estimate of drug-likeness (QED) is 0.816. The normalized spacial score (nSPS) is 13.0. The summed E-state index contributed by atoms with van der Waals surface area (Å²) in [4.78, 5) is 0.374. The Morgan fingerprint density at radius 3 is 2.19 bits per heavy atom. The second-order valence-electron chi connectivity index (χ2n) is 5.96. The van der Waals surface area contributed by atoms with Crippen molar-refractivity contribution in [2.24, 2.45) is 5.92 Å². The lowest BCUT2D eigenvalue weighted by atomic mass is 10.0. The Balaban J connectivity index is 3.19. The van der Waals surface area contributed by atoms with Crippen molar-refractivity contribution in [3.05, 3.63) is 47.2 Å². The molecule has 1 N–H and O–H groups in total. The van der Waals surface area contributed by atoms with Crippen LogP contribution in [0, 0.1) is 26.7 Å². The van der Waals surface area contributed by atoms with E-state index in [1.165, 1.54) is 0 Å². The maximum atomic E-state index is 12.7. The lowest BCUT2D eigenvalue weighted by molar-refractivity contribution is 0.507. The first-order valence-electron chi connectivity index (χ1n) is 7.13. The summed E-state index contributed by atoms with van der Waals surface area (Å²) in [5.74, 6) is 0.377. The van der Waals surface area contributed by atoms with Crippen molar-refractivity contribution < 1.29 is 8.42 Å². The van der Waals surface area contributed by atoms with Crippen LogP contribution in [0.25, 0.3) is 0 Å². The summed E-state index contributed by atoms with van der Waals surface area (Å²) in [6.45, 7) is 13.3. The van der Waals surface area contributed by atoms with Gasteiger partial charge in [-0.05, 0) is 50.3 Å². The zero-order chi connectivity index (χ0) is 16.2. The predicted octanol–water partition coefficient (Wildman–Crippen LogP) is 3.65. The molecule has 0 saturated heterocycles. The highest BCUT2D eigenvalue weighted by atomic mass is 32.2. The second kappa shape index (κ2) is 7.08. The molecule has 0 amide bonds. The molecule has 0 saturated carbocycles. The average Bonchev–Trinajstić information content (AvgIpc) is 2.24. The Bertz CT molecular complexity index is 630. The minimum atomic E-state index is -3.55. The Hall–Kier alpha value is -1.35. The van der Waals surface area contributed by atoms with Gasteiger partial charge in [0, 0.05) is 6.04 Å². The van der Waals surface area contributed by atoms with Gasteiger partial charge in [-0.1, -0.05) is 38.1 Å². The number of hydrogen-bond donors (Lipinski definition) is 1. The molecule has 0 radical (unpaired) electrons. The van der Waals surface area contributed by atoms with E-state index in [9.17, 15) is 8.42 Å². The Morgan fingerprint density at radius 1 is 1.24 bits per heavy atom. The molecule has 1 atom stereocenters. The van der Waals surface area contributed by atoms with Crippen LogP contribution in [0.3, 0.4) is 0 Å². The summed E-state index contributed by atoms with van der Waals surface area (Å²) in [7, 11) is -3.55. The summed E-state index contributed by atoms with van der Waals surface area (Å²) in [5.41, 5.74) is 5.29. The van der Waals surface area contributed by atoms with Crippen LogP contribution in [0.4, 0.5) is 0 Å². The molecule has 0 heterocycles. The van der Waals surface area contributed by atoms with Gasteiger partial charge in [0.1, 0.15) is 0 Å². The Morgan fingerprint density at radius 2 is 1.76 bits per heavy atom. The number of nitrogens with one attached hydrogen (secondary N) is 1. The van der Waals surface area contributed by atoms with Crippen LogP contribution < -0.4 is 4.72 Å². The molecule has 0 aliphatic heterocycles. The third-order valence-corrected chi connectivity index (χ3v) is 5.02. The fraction of sp³-hybridized carbons (Fsp3) is 0.471. The van der Waals surface area contributed by atoms with Gasteiger partial charge in [-0.25, -0.2) is 13.1 Å². The van der Waals surface area contributed by atoms with Gasteiger partial charge < -0.3 is 0 Å². The fourth-order valence-electron chi connectivity index (χ4n) is 2.65. The third-order valence-electron chi connectivity index (χ3n) is 3.22. The first-order valence-corrected chi connectivity index (χ1v) is 8.61. The van der Waals surface area contributed by atoms with Crippen molar-refractivity contribution in [2.45, 2.75) is 52.0 Å². The fourth-order valence-corrected chi connectivity index (χ4v) is 4.30. The van der Waals surface area contributed by atoms with Gasteiger partial charge in [-0.2, -0.15) is 0 Å². The van der Waals surface area contributed by atoms with Crippen molar-refractivity contribution in [1.29, 1.82) is 0 Å². The van der Waals surface area contributed by atoms with Crippen LogP contribution in [0.5, 0.6) is 0 Å². The van der Waals surface area contributed by atoms with Crippen molar-refractivity contribution in [3.63, 3.8) is 0 Å². The molecule has 21 heavy (non-hydrogen) atoms. The first kappa shape index (κ1) is 17.7. The lowest BCUT2D eigenvalue weighted by Gasteiger charge is -2.19. The van der Waals surface area contributed by atoms with E-state index >= 15 is 0 Å². The predicted molar refractivity (Wildman–Crippen MR) is 87.9 cm³/mol. The molecule has 0 aliphatic carbocycles. The summed E-state index contributed by atoms with van der Waals surface area (Å²) < 4.78 is 28.1. The molecule has 0 aromatic heterocycles. The smallest absolute Gasteiger partial charge is 0.207 e. The van der Waals surface area contributed by atoms with Gasteiger partial charge in [-0.15, -0.1) is 5.73 Å². The van der Waals surface area contributed by atoms with E-state index in [4.69, 9.17) is 0 Å². The number of benzene rings is 1. The zero-order valence-corrected chi connectivity index (χ0v) is 14.3. The zero-order valence-electron chi connectivity index (χ0n) is 13.5. The van der Waals surface area contributed by atoms with Crippen LogP contribution in [-0.2, 0) is 10.0 Å². The van der Waals surface area contributed by atoms with Gasteiger partial charge in [0.05, 0.1) is 4.90 Å². The molecule has 1 aromatic carbocycles. The average molecular weight is 307 g/mol. The van der Waals surface area contributed by atoms with Crippen LogP contribution in [-0.4, -0.2) is 14.5 Å². The van der Waals surface area contributed by atoms with E-state index in [1.54, 1.807) is 6.08 Å². The summed E-state index contributed by atoms with van der Waals surface area (Å²) in [5, 5.41) is 0. The largest absolute Gasteiger partial charge is 0.241 e. The minimum absolute atomic E-state index is 0.285. The van der Waals surface area contributed by atoms with Gasteiger partial charge in [-0.3, -0.25) is 0 Å². The molecular formula is C17H25NO2S. The number of sulfonamides is 1. The molecule has 0 bridgehead atoms. The summed E-state index contributed by atoms with van der Waals surface area (Å²) >= 11 is 0. The standard InChI is InChI=1S/C17H25NO2S/c1-7-8-16(9-12(2)3)18-21(19,20)17-14(5)10-13(4)11-15(17)6/h8,10-12,16,18H,1,9H2,2-6H3/t16-/m1/s1. The Labute approximate surface area is 128 Å². The highest BCUT2D eigenvalue weighted by molar-refractivity contribution is 7.89. The van der Waals surface area contributed by atoms with Crippen LogP contribution in [0.1, 0.15) is 37.0 Å². The van der Waals surface area contributed by atoms with Gasteiger partial charge in [0.25, 0.3) is 0 Å².